The van der Waals surface area contributed by atoms with Gasteiger partial charge in [-0.2, -0.15) is 0 Å². The SMILES string of the molecule is CC(=O)NCC1=C(n2ccccc2=O)c2cc([N+](=O)[O-])ccc2OC1(C)C. The van der Waals surface area contributed by atoms with Gasteiger partial charge in [0.1, 0.15) is 11.4 Å². The molecule has 3 rings (SSSR count). The number of benzene rings is 1. The van der Waals surface area contributed by atoms with Crippen LogP contribution in [0.1, 0.15) is 26.3 Å². The fourth-order valence-corrected chi connectivity index (χ4v) is 3.09. The maximum Gasteiger partial charge on any atom is 0.270 e. The maximum absolute atomic E-state index is 12.5. The lowest BCUT2D eigenvalue weighted by atomic mass is 9.89. The zero-order chi connectivity index (χ0) is 19.8. The Labute approximate surface area is 155 Å². The van der Waals surface area contributed by atoms with Crippen LogP contribution in [0.25, 0.3) is 5.70 Å². The number of rotatable bonds is 4. The minimum atomic E-state index is -0.837. The average molecular weight is 369 g/mol. The Hall–Kier alpha value is -3.42. The smallest absolute Gasteiger partial charge is 0.270 e. The number of nitrogens with one attached hydrogen (secondary N) is 1. The quantitative estimate of drug-likeness (QED) is 0.658. The summed E-state index contributed by atoms with van der Waals surface area (Å²) in [5.41, 5.74) is 0.303. The van der Waals surface area contributed by atoms with Crippen molar-refractivity contribution in [3.05, 3.63) is 74.2 Å². The second-order valence-corrected chi connectivity index (χ2v) is 6.70. The summed E-state index contributed by atoms with van der Waals surface area (Å²) in [5, 5.41) is 14.0. The van der Waals surface area contributed by atoms with E-state index in [1.54, 1.807) is 18.3 Å². The van der Waals surface area contributed by atoms with E-state index < -0.39 is 10.5 Å². The molecule has 0 radical (unpaired) electrons. The van der Waals surface area contributed by atoms with E-state index in [1.165, 1.54) is 35.8 Å². The molecule has 0 bridgehead atoms. The summed E-state index contributed by atoms with van der Waals surface area (Å²) in [4.78, 5) is 34.7. The molecule has 0 saturated heterocycles. The van der Waals surface area contributed by atoms with Gasteiger partial charge in [0.15, 0.2) is 0 Å². The van der Waals surface area contributed by atoms with Crippen LogP contribution >= 0.6 is 0 Å². The van der Waals surface area contributed by atoms with Crippen LogP contribution in [0, 0.1) is 10.1 Å². The Kier molecular flexibility index (Phi) is 4.57. The molecule has 140 valence electrons. The highest BCUT2D eigenvalue weighted by Gasteiger charge is 2.36. The monoisotopic (exact) mass is 369 g/mol. The van der Waals surface area contributed by atoms with Gasteiger partial charge in [0, 0.05) is 49.0 Å². The van der Waals surface area contributed by atoms with Gasteiger partial charge >= 0.3 is 0 Å². The van der Waals surface area contributed by atoms with Gasteiger partial charge in [0.25, 0.3) is 11.2 Å². The number of hydrogen-bond donors (Lipinski definition) is 1. The van der Waals surface area contributed by atoms with Gasteiger partial charge in [-0.1, -0.05) is 6.07 Å². The highest BCUT2D eigenvalue weighted by Crippen LogP contribution is 2.42. The number of amides is 1. The molecule has 2 aromatic rings. The molecule has 8 nitrogen and oxygen atoms in total. The molecular formula is C19H19N3O5. The molecule has 2 heterocycles. The first-order chi connectivity index (χ1) is 12.7. The van der Waals surface area contributed by atoms with Crippen LogP contribution in [0.4, 0.5) is 5.69 Å². The number of non-ortho nitro benzene ring substituents is 1. The summed E-state index contributed by atoms with van der Waals surface area (Å²) in [5.74, 6) is 0.200. The van der Waals surface area contributed by atoms with Gasteiger partial charge < -0.3 is 10.1 Å². The van der Waals surface area contributed by atoms with Gasteiger partial charge in [-0.15, -0.1) is 0 Å². The van der Waals surface area contributed by atoms with Crippen molar-refractivity contribution in [2.24, 2.45) is 0 Å². The number of nitro groups is 1. The zero-order valence-electron chi connectivity index (χ0n) is 15.2. The lowest BCUT2D eigenvalue weighted by molar-refractivity contribution is -0.384. The molecular weight excluding hydrogens is 350 g/mol. The standard InChI is InChI=1S/C19H19N3O5/c1-12(23)20-11-15-18(21-9-5-4-6-17(21)24)14-10-13(22(25)26)7-8-16(14)27-19(15,2)3/h4-10H,11H2,1-3H3,(H,20,23). The molecule has 1 amide bonds. The molecule has 0 atom stereocenters. The van der Waals surface area contributed by atoms with E-state index in [-0.39, 0.29) is 23.7 Å². The molecule has 27 heavy (non-hydrogen) atoms. The number of pyridine rings is 1. The second-order valence-electron chi connectivity index (χ2n) is 6.70. The third-order valence-corrected chi connectivity index (χ3v) is 4.38. The molecule has 0 unspecified atom stereocenters. The zero-order valence-corrected chi connectivity index (χ0v) is 15.2. The average Bonchev–Trinajstić information content (AvgIpc) is 2.59. The first-order valence-electron chi connectivity index (χ1n) is 8.34. The fourth-order valence-electron chi connectivity index (χ4n) is 3.09. The van der Waals surface area contributed by atoms with Crippen molar-refractivity contribution in [1.82, 2.24) is 9.88 Å². The maximum atomic E-state index is 12.5. The Morgan fingerprint density at radius 2 is 2.04 bits per heavy atom. The minimum Gasteiger partial charge on any atom is -0.483 e. The van der Waals surface area contributed by atoms with Crippen molar-refractivity contribution in [3.63, 3.8) is 0 Å². The number of carbonyl (C=O) groups is 1. The van der Waals surface area contributed by atoms with E-state index in [0.29, 0.717) is 22.6 Å². The Balaban J connectivity index is 2.34. The predicted molar refractivity (Wildman–Crippen MR) is 99.5 cm³/mol. The Morgan fingerprint density at radius 3 is 2.67 bits per heavy atom. The molecule has 0 saturated carbocycles. The van der Waals surface area contributed by atoms with Crippen LogP contribution in [0.5, 0.6) is 5.75 Å². The van der Waals surface area contributed by atoms with Gasteiger partial charge in [-0.25, -0.2) is 0 Å². The van der Waals surface area contributed by atoms with Gasteiger partial charge in [-0.05, 0) is 26.0 Å². The van der Waals surface area contributed by atoms with Gasteiger partial charge in [-0.3, -0.25) is 24.3 Å². The molecule has 1 aliphatic heterocycles. The molecule has 0 aliphatic carbocycles. The fraction of sp³-hybridized carbons (Fsp3) is 0.263. The minimum absolute atomic E-state index is 0.114. The molecule has 0 spiro atoms. The van der Waals surface area contributed by atoms with Crippen LogP contribution in [0.15, 0.2) is 53.0 Å². The van der Waals surface area contributed by atoms with Crippen molar-refractivity contribution in [3.8, 4) is 5.75 Å². The summed E-state index contributed by atoms with van der Waals surface area (Å²) < 4.78 is 7.46. The molecule has 8 heteroatoms. The third kappa shape index (κ3) is 3.46. The van der Waals surface area contributed by atoms with Crippen molar-refractivity contribution in [2.75, 3.05) is 6.54 Å². The lowest BCUT2D eigenvalue weighted by Crippen LogP contribution is -2.42. The number of ether oxygens (including phenoxy) is 1. The number of fused-ring (bicyclic) bond motifs is 1. The van der Waals surface area contributed by atoms with E-state index in [0.717, 1.165) is 0 Å². The van der Waals surface area contributed by atoms with Gasteiger partial charge in [0.05, 0.1) is 10.6 Å². The van der Waals surface area contributed by atoms with E-state index in [4.69, 9.17) is 4.74 Å². The van der Waals surface area contributed by atoms with Crippen LogP contribution in [-0.4, -0.2) is 27.5 Å². The first-order valence-corrected chi connectivity index (χ1v) is 8.34. The topological polar surface area (TPSA) is 103 Å². The van der Waals surface area contributed by atoms with Crippen molar-refractivity contribution < 1.29 is 14.5 Å². The van der Waals surface area contributed by atoms with E-state index in [2.05, 4.69) is 5.32 Å². The summed E-state index contributed by atoms with van der Waals surface area (Å²) in [6, 6.07) is 8.99. The third-order valence-electron chi connectivity index (χ3n) is 4.38. The summed E-state index contributed by atoms with van der Waals surface area (Å²) in [6.45, 7) is 5.18. The van der Waals surface area contributed by atoms with Crippen LogP contribution in [-0.2, 0) is 4.79 Å². The summed E-state index contributed by atoms with van der Waals surface area (Å²) in [6.07, 6.45) is 1.59. The molecule has 0 fully saturated rings. The largest absolute Gasteiger partial charge is 0.483 e. The molecule has 1 aromatic heterocycles. The Morgan fingerprint density at radius 1 is 1.30 bits per heavy atom. The second kappa shape index (κ2) is 6.71. The highest BCUT2D eigenvalue weighted by molar-refractivity contribution is 5.80. The molecule has 1 N–H and O–H groups in total. The van der Waals surface area contributed by atoms with Crippen LogP contribution < -0.4 is 15.6 Å². The number of nitrogens with zero attached hydrogens (tertiary/aromatic N) is 2. The number of nitro benzene ring substituents is 1. The number of aromatic nitrogens is 1. The number of carbonyl (C=O) groups excluding carboxylic acids is 1. The van der Waals surface area contributed by atoms with E-state index in [1.807, 2.05) is 13.8 Å². The van der Waals surface area contributed by atoms with Crippen molar-refractivity contribution in [1.29, 1.82) is 0 Å². The molecule has 1 aromatic carbocycles. The van der Waals surface area contributed by atoms with Crippen molar-refractivity contribution >= 4 is 17.3 Å². The highest BCUT2D eigenvalue weighted by atomic mass is 16.6. The first kappa shape index (κ1) is 18.4. The normalized spacial score (nSPS) is 14.9. The number of hydrogen-bond acceptors (Lipinski definition) is 5. The molecule has 1 aliphatic rings. The van der Waals surface area contributed by atoms with Crippen molar-refractivity contribution in [2.45, 2.75) is 26.4 Å². The lowest BCUT2D eigenvalue weighted by Gasteiger charge is -2.37. The summed E-state index contributed by atoms with van der Waals surface area (Å²) >= 11 is 0. The van der Waals surface area contributed by atoms with Crippen LogP contribution in [0.3, 0.4) is 0 Å². The predicted octanol–water partition coefficient (Wildman–Crippen LogP) is 2.32. The van der Waals surface area contributed by atoms with Gasteiger partial charge in [0.2, 0.25) is 5.91 Å². The van der Waals surface area contributed by atoms with E-state index >= 15 is 0 Å². The van der Waals surface area contributed by atoms with E-state index in [9.17, 15) is 19.7 Å². The van der Waals surface area contributed by atoms with Crippen LogP contribution in [0.2, 0.25) is 0 Å². The Bertz CT molecular complexity index is 1020. The summed E-state index contributed by atoms with van der Waals surface area (Å²) in [7, 11) is 0.